The van der Waals surface area contributed by atoms with Gasteiger partial charge in [-0.2, -0.15) is 0 Å². The summed E-state index contributed by atoms with van der Waals surface area (Å²) in [5, 5.41) is 12.4. The lowest BCUT2D eigenvalue weighted by Crippen LogP contribution is -2.37. The van der Waals surface area contributed by atoms with Gasteiger partial charge in [-0.15, -0.1) is 0 Å². The van der Waals surface area contributed by atoms with Crippen molar-refractivity contribution < 1.29 is 14.3 Å². The van der Waals surface area contributed by atoms with E-state index in [0.29, 0.717) is 12.5 Å². The van der Waals surface area contributed by atoms with Crippen LogP contribution < -0.4 is 5.32 Å². The molecule has 1 aromatic carbocycles. The van der Waals surface area contributed by atoms with Crippen LogP contribution >= 0.6 is 0 Å². The Morgan fingerprint density at radius 2 is 2.16 bits per heavy atom. The normalized spacial score (nSPS) is 16.3. The number of phenolic OH excluding ortho intramolecular Hbond substituents is 1. The van der Waals surface area contributed by atoms with E-state index < -0.39 is 5.82 Å². The Labute approximate surface area is 112 Å². The molecule has 104 valence electrons. The average Bonchev–Trinajstić information content (AvgIpc) is 2.39. The van der Waals surface area contributed by atoms with Crippen LogP contribution in [0.25, 0.3) is 0 Å². The first kappa shape index (κ1) is 13.8. The molecular weight excluding hydrogens is 247 g/mol. The minimum Gasteiger partial charge on any atom is -0.508 e. The van der Waals surface area contributed by atoms with Crippen LogP contribution in [0.1, 0.15) is 23.2 Å². The maximum absolute atomic E-state index is 13.6. The zero-order chi connectivity index (χ0) is 13.8. The highest BCUT2D eigenvalue weighted by Crippen LogP contribution is 2.18. The van der Waals surface area contributed by atoms with Crippen LogP contribution in [0.15, 0.2) is 18.2 Å². The van der Waals surface area contributed by atoms with Crippen molar-refractivity contribution in [3.8, 4) is 5.75 Å². The van der Waals surface area contributed by atoms with Gasteiger partial charge < -0.3 is 15.3 Å². The van der Waals surface area contributed by atoms with Crippen molar-refractivity contribution in [1.82, 2.24) is 10.2 Å². The number of phenols is 1. The number of carbonyl (C=O) groups excluding carboxylic acids is 1. The summed E-state index contributed by atoms with van der Waals surface area (Å²) in [5.41, 5.74) is 0.00855. The van der Waals surface area contributed by atoms with Crippen LogP contribution in [0, 0.1) is 11.7 Å². The van der Waals surface area contributed by atoms with Crippen molar-refractivity contribution in [1.29, 1.82) is 0 Å². The minimum absolute atomic E-state index is 0.00855. The molecule has 0 saturated carbocycles. The van der Waals surface area contributed by atoms with E-state index in [2.05, 4.69) is 5.32 Å². The third kappa shape index (κ3) is 3.44. The molecule has 1 aliphatic rings. The van der Waals surface area contributed by atoms with Gasteiger partial charge in [0.15, 0.2) is 0 Å². The molecule has 2 rings (SSSR count). The van der Waals surface area contributed by atoms with Crippen molar-refractivity contribution in [3.05, 3.63) is 29.6 Å². The van der Waals surface area contributed by atoms with Crippen molar-refractivity contribution in [2.24, 2.45) is 5.92 Å². The van der Waals surface area contributed by atoms with Crippen molar-refractivity contribution in [3.63, 3.8) is 0 Å². The Morgan fingerprint density at radius 3 is 2.79 bits per heavy atom. The number of amides is 1. The molecule has 0 spiro atoms. The Morgan fingerprint density at radius 1 is 1.47 bits per heavy atom. The van der Waals surface area contributed by atoms with E-state index in [1.807, 2.05) is 0 Å². The molecule has 4 nitrogen and oxygen atoms in total. The molecule has 1 aromatic rings. The Bertz CT molecular complexity index is 459. The number of hydrogen-bond acceptors (Lipinski definition) is 3. The van der Waals surface area contributed by atoms with Crippen molar-refractivity contribution in [2.75, 3.05) is 26.7 Å². The number of rotatable bonds is 3. The molecule has 0 radical (unpaired) electrons. The van der Waals surface area contributed by atoms with Gasteiger partial charge in [0.25, 0.3) is 5.91 Å². The van der Waals surface area contributed by atoms with E-state index in [9.17, 15) is 9.18 Å². The van der Waals surface area contributed by atoms with Gasteiger partial charge in [-0.25, -0.2) is 4.39 Å². The number of hydrogen-bond donors (Lipinski definition) is 2. The zero-order valence-corrected chi connectivity index (χ0v) is 11.0. The highest BCUT2D eigenvalue weighted by atomic mass is 19.1. The quantitative estimate of drug-likeness (QED) is 0.874. The van der Waals surface area contributed by atoms with Gasteiger partial charge in [-0.3, -0.25) is 4.79 Å². The Balaban J connectivity index is 2.01. The van der Waals surface area contributed by atoms with Crippen LogP contribution in [0.5, 0.6) is 5.75 Å². The third-order valence-corrected chi connectivity index (χ3v) is 3.52. The molecule has 2 N–H and O–H groups in total. The average molecular weight is 266 g/mol. The number of benzene rings is 1. The summed E-state index contributed by atoms with van der Waals surface area (Å²) in [6, 6.07) is 3.62. The van der Waals surface area contributed by atoms with Gasteiger partial charge in [0.05, 0.1) is 5.56 Å². The third-order valence-electron chi connectivity index (χ3n) is 3.52. The fraction of sp³-hybridized carbons (Fsp3) is 0.500. The summed E-state index contributed by atoms with van der Waals surface area (Å²) < 4.78 is 13.6. The van der Waals surface area contributed by atoms with Crippen LogP contribution in [0.2, 0.25) is 0 Å². The molecule has 1 aliphatic heterocycles. The van der Waals surface area contributed by atoms with Crippen LogP contribution in [0.4, 0.5) is 4.39 Å². The van der Waals surface area contributed by atoms with Gasteiger partial charge >= 0.3 is 0 Å². The smallest absolute Gasteiger partial charge is 0.256 e. The summed E-state index contributed by atoms with van der Waals surface area (Å²) in [6.45, 7) is 2.58. The molecule has 1 fully saturated rings. The molecule has 1 heterocycles. The van der Waals surface area contributed by atoms with E-state index in [0.717, 1.165) is 32.0 Å². The zero-order valence-electron chi connectivity index (χ0n) is 11.0. The van der Waals surface area contributed by atoms with Crippen LogP contribution in [-0.2, 0) is 0 Å². The van der Waals surface area contributed by atoms with Crippen molar-refractivity contribution in [2.45, 2.75) is 12.8 Å². The first-order valence-electron chi connectivity index (χ1n) is 6.52. The minimum atomic E-state index is -0.679. The van der Waals surface area contributed by atoms with Crippen molar-refractivity contribution >= 4 is 5.91 Å². The lowest BCUT2D eigenvalue weighted by Gasteiger charge is -2.27. The molecule has 5 heteroatoms. The molecule has 0 unspecified atom stereocenters. The molecule has 1 amide bonds. The first-order valence-corrected chi connectivity index (χ1v) is 6.52. The topological polar surface area (TPSA) is 52.6 Å². The van der Waals surface area contributed by atoms with Gasteiger partial charge in [-0.1, -0.05) is 0 Å². The largest absolute Gasteiger partial charge is 0.508 e. The van der Waals surface area contributed by atoms with E-state index in [1.54, 1.807) is 11.9 Å². The number of halogens is 1. The molecule has 0 atom stereocenters. The van der Waals surface area contributed by atoms with Crippen LogP contribution in [-0.4, -0.2) is 42.6 Å². The van der Waals surface area contributed by atoms with Gasteiger partial charge in [-0.05, 0) is 44.0 Å². The van der Waals surface area contributed by atoms with E-state index in [-0.39, 0.29) is 17.2 Å². The maximum atomic E-state index is 13.6. The summed E-state index contributed by atoms with van der Waals surface area (Å²) in [5.74, 6) is -0.719. The SMILES string of the molecule is CN(CC1CCNCC1)C(=O)c1ccc(O)cc1F. The molecule has 0 bridgehead atoms. The number of aromatic hydroxyl groups is 1. The molecule has 0 aromatic heterocycles. The van der Waals surface area contributed by atoms with Gasteiger partial charge in [0, 0.05) is 19.7 Å². The van der Waals surface area contributed by atoms with Gasteiger partial charge in [0.2, 0.25) is 0 Å². The maximum Gasteiger partial charge on any atom is 0.256 e. The second-order valence-corrected chi connectivity index (χ2v) is 5.04. The predicted molar refractivity (Wildman–Crippen MR) is 70.6 cm³/mol. The lowest BCUT2D eigenvalue weighted by molar-refractivity contribution is 0.0758. The number of nitrogens with zero attached hydrogens (tertiary/aromatic N) is 1. The molecule has 0 aliphatic carbocycles. The molecule has 19 heavy (non-hydrogen) atoms. The number of piperidine rings is 1. The summed E-state index contributed by atoms with van der Waals surface area (Å²) in [6.07, 6.45) is 2.07. The van der Waals surface area contributed by atoms with E-state index in [1.165, 1.54) is 12.1 Å². The van der Waals surface area contributed by atoms with E-state index in [4.69, 9.17) is 5.11 Å². The van der Waals surface area contributed by atoms with E-state index >= 15 is 0 Å². The number of nitrogens with one attached hydrogen (secondary N) is 1. The summed E-state index contributed by atoms with van der Waals surface area (Å²) in [7, 11) is 1.69. The number of carbonyl (C=O) groups is 1. The van der Waals surface area contributed by atoms with Gasteiger partial charge in [0.1, 0.15) is 11.6 Å². The second kappa shape index (κ2) is 6.02. The molecule has 1 saturated heterocycles. The Kier molecular flexibility index (Phi) is 4.37. The highest BCUT2D eigenvalue weighted by Gasteiger charge is 2.21. The first-order chi connectivity index (χ1) is 9.08. The summed E-state index contributed by atoms with van der Waals surface area (Å²) in [4.78, 5) is 13.7. The van der Waals surface area contributed by atoms with Crippen LogP contribution in [0.3, 0.4) is 0 Å². The molecular formula is C14H19FN2O2. The fourth-order valence-corrected chi connectivity index (χ4v) is 2.42. The highest BCUT2D eigenvalue weighted by molar-refractivity contribution is 5.94. The fourth-order valence-electron chi connectivity index (χ4n) is 2.42. The second-order valence-electron chi connectivity index (χ2n) is 5.04. The monoisotopic (exact) mass is 266 g/mol. The predicted octanol–water partition coefficient (Wildman–Crippen LogP) is 1.60. The lowest BCUT2D eigenvalue weighted by atomic mass is 9.97. The summed E-state index contributed by atoms with van der Waals surface area (Å²) >= 11 is 0. The standard InChI is InChI=1S/C14H19FN2O2/c1-17(9-10-4-6-16-7-5-10)14(19)12-3-2-11(18)8-13(12)15/h2-3,8,10,16,18H,4-7,9H2,1H3. The Hall–Kier alpha value is -1.62.